The van der Waals surface area contributed by atoms with Gasteiger partial charge in [-0.3, -0.25) is 0 Å². The van der Waals surface area contributed by atoms with Gasteiger partial charge in [0.2, 0.25) is 0 Å². The van der Waals surface area contributed by atoms with Gasteiger partial charge in [0, 0.05) is 11.4 Å². The molecule has 22 heavy (non-hydrogen) atoms. The fourth-order valence-electron chi connectivity index (χ4n) is 2.30. The fraction of sp³-hybridized carbons (Fsp3) is 0.200. The molecule has 3 rings (SSSR count). The van der Waals surface area contributed by atoms with Crippen LogP contribution in [0.1, 0.15) is 16.8 Å². The van der Waals surface area contributed by atoms with Gasteiger partial charge in [-0.25, -0.2) is 9.97 Å². The number of hydrogen-bond donors (Lipinski definition) is 2. The maximum atomic E-state index is 12.8. The van der Waals surface area contributed by atoms with Crippen LogP contribution in [0.2, 0.25) is 0 Å². The quantitative estimate of drug-likeness (QED) is 0.740. The van der Waals surface area contributed by atoms with Crippen molar-refractivity contribution >= 4 is 22.5 Å². The summed E-state index contributed by atoms with van der Waals surface area (Å²) in [6.07, 6.45) is -3.01. The van der Waals surface area contributed by atoms with E-state index in [1.54, 1.807) is 6.07 Å². The zero-order valence-corrected chi connectivity index (χ0v) is 11.9. The molecule has 0 saturated heterocycles. The van der Waals surface area contributed by atoms with Gasteiger partial charge < -0.3 is 10.3 Å². The van der Waals surface area contributed by atoms with E-state index < -0.39 is 11.7 Å². The van der Waals surface area contributed by atoms with E-state index in [2.05, 4.69) is 20.3 Å². The number of hydrogen-bond acceptors (Lipinski definition) is 3. The molecule has 0 radical (unpaired) electrons. The summed E-state index contributed by atoms with van der Waals surface area (Å²) in [6, 6.07) is 5.02. The molecule has 0 spiro atoms. The monoisotopic (exact) mass is 306 g/mol. The Balaban J connectivity index is 2.04. The molecule has 2 N–H and O–H groups in total. The molecule has 0 unspecified atom stereocenters. The molecule has 0 bridgehead atoms. The average molecular weight is 306 g/mol. The van der Waals surface area contributed by atoms with Crippen LogP contribution in [0.5, 0.6) is 0 Å². The highest BCUT2D eigenvalue weighted by molar-refractivity contribution is 5.92. The Morgan fingerprint density at radius 2 is 1.91 bits per heavy atom. The van der Waals surface area contributed by atoms with Crippen molar-refractivity contribution in [2.75, 3.05) is 5.32 Å². The van der Waals surface area contributed by atoms with Gasteiger partial charge in [-0.2, -0.15) is 13.2 Å². The van der Waals surface area contributed by atoms with Gasteiger partial charge in [-0.05, 0) is 37.6 Å². The molecule has 3 aromatic rings. The van der Waals surface area contributed by atoms with Crippen molar-refractivity contribution in [1.82, 2.24) is 15.0 Å². The Bertz CT molecular complexity index is 836. The molecule has 7 heteroatoms. The zero-order chi connectivity index (χ0) is 15.9. The molecule has 0 aliphatic rings. The highest BCUT2D eigenvalue weighted by Gasteiger charge is 2.30. The summed E-state index contributed by atoms with van der Waals surface area (Å²) in [5, 5.41) is 3.72. The second-order valence-corrected chi connectivity index (χ2v) is 5.02. The lowest BCUT2D eigenvalue weighted by Gasteiger charge is -2.11. The topological polar surface area (TPSA) is 53.6 Å². The summed E-state index contributed by atoms with van der Waals surface area (Å²) < 4.78 is 38.3. The number of aromatic amines is 1. The summed E-state index contributed by atoms with van der Waals surface area (Å²) in [5.74, 6) is 0.478. The zero-order valence-electron chi connectivity index (χ0n) is 11.9. The molecule has 0 saturated carbocycles. The number of aromatic nitrogens is 3. The standard InChI is InChI=1S/C15H13F3N4/c1-8-9(2)21-13-12(8)14(20-7-19-13)22-11-5-3-4-10(6-11)15(16,17)18/h3-7H,1-2H3,(H2,19,20,21,22). The van der Waals surface area contributed by atoms with Gasteiger partial charge in [-0.1, -0.05) is 6.07 Å². The van der Waals surface area contributed by atoms with Crippen molar-refractivity contribution in [1.29, 1.82) is 0 Å². The average Bonchev–Trinajstić information content (AvgIpc) is 2.75. The van der Waals surface area contributed by atoms with E-state index in [0.717, 1.165) is 28.8 Å². The highest BCUT2D eigenvalue weighted by atomic mass is 19.4. The van der Waals surface area contributed by atoms with Crippen molar-refractivity contribution in [3.63, 3.8) is 0 Å². The SMILES string of the molecule is Cc1[nH]c2ncnc(Nc3cccc(C(F)(F)F)c3)c2c1C. The van der Waals surface area contributed by atoms with Gasteiger partial charge in [0.05, 0.1) is 10.9 Å². The molecule has 1 aromatic carbocycles. The first-order valence-electron chi connectivity index (χ1n) is 6.60. The first-order chi connectivity index (χ1) is 10.4. The minimum Gasteiger partial charge on any atom is -0.343 e. The number of aryl methyl sites for hydroxylation is 2. The molecule has 2 heterocycles. The van der Waals surface area contributed by atoms with E-state index in [1.807, 2.05) is 13.8 Å². The molecule has 4 nitrogen and oxygen atoms in total. The van der Waals surface area contributed by atoms with Crippen LogP contribution in [0.4, 0.5) is 24.7 Å². The number of rotatable bonds is 2. The number of nitrogens with one attached hydrogen (secondary N) is 2. The van der Waals surface area contributed by atoms with Gasteiger partial charge in [0.15, 0.2) is 0 Å². The van der Waals surface area contributed by atoms with E-state index in [-0.39, 0.29) is 0 Å². The maximum Gasteiger partial charge on any atom is 0.416 e. The number of alkyl halides is 3. The number of halogens is 3. The molecule has 0 aliphatic heterocycles. The number of fused-ring (bicyclic) bond motifs is 1. The molecule has 0 fully saturated rings. The Kier molecular flexibility index (Phi) is 3.27. The molecule has 0 aliphatic carbocycles. The van der Waals surface area contributed by atoms with Gasteiger partial charge >= 0.3 is 6.18 Å². The summed E-state index contributed by atoms with van der Waals surface area (Å²) in [4.78, 5) is 11.4. The minimum atomic E-state index is -4.38. The van der Waals surface area contributed by atoms with Crippen LogP contribution >= 0.6 is 0 Å². The normalized spacial score (nSPS) is 11.9. The van der Waals surface area contributed by atoms with E-state index in [9.17, 15) is 13.2 Å². The number of anilines is 2. The third kappa shape index (κ3) is 2.49. The predicted molar refractivity (Wildman–Crippen MR) is 78.1 cm³/mol. The predicted octanol–water partition coefficient (Wildman–Crippen LogP) is 4.34. The van der Waals surface area contributed by atoms with Crippen LogP contribution in [-0.4, -0.2) is 15.0 Å². The van der Waals surface area contributed by atoms with Crippen LogP contribution in [0, 0.1) is 13.8 Å². The Hall–Kier alpha value is -2.57. The molecular formula is C15H13F3N4. The lowest BCUT2D eigenvalue weighted by Crippen LogP contribution is -2.05. The molecule has 2 aromatic heterocycles. The second-order valence-electron chi connectivity index (χ2n) is 5.02. The van der Waals surface area contributed by atoms with Crippen molar-refractivity contribution in [3.8, 4) is 0 Å². The number of benzene rings is 1. The van der Waals surface area contributed by atoms with E-state index in [0.29, 0.717) is 17.2 Å². The number of nitrogens with zero attached hydrogens (tertiary/aromatic N) is 2. The van der Waals surface area contributed by atoms with Crippen LogP contribution in [0.15, 0.2) is 30.6 Å². The highest BCUT2D eigenvalue weighted by Crippen LogP contribution is 2.32. The Labute approximate surface area is 124 Å². The lowest BCUT2D eigenvalue weighted by molar-refractivity contribution is -0.137. The number of H-pyrrole nitrogens is 1. The summed E-state index contributed by atoms with van der Waals surface area (Å²) in [5.41, 5.74) is 2.19. The van der Waals surface area contributed by atoms with Crippen LogP contribution in [0.25, 0.3) is 11.0 Å². The molecule has 0 atom stereocenters. The minimum absolute atomic E-state index is 0.327. The van der Waals surface area contributed by atoms with Gasteiger partial charge in [0.25, 0.3) is 0 Å². The van der Waals surface area contributed by atoms with Crippen molar-refractivity contribution in [3.05, 3.63) is 47.4 Å². The van der Waals surface area contributed by atoms with E-state index >= 15 is 0 Å². The van der Waals surface area contributed by atoms with Gasteiger partial charge in [-0.15, -0.1) is 0 Å². The first kappa shape index (κ1) is 14.4. The maximum absolute atomic E-state index is 12.8. The summed E-state index contributed by atoms with van der Waals surface area (Å²) >= 11 is 0. The smallest absolute Gasteiger partial charge is 0.343 e. The van der Waals surface area contributed by atoms with Gasteiger partial charge in [0.1, 0.15) is 17.8 Å². The van der Waals surface area contributed by atoms with Crippen LogP contribution in [-0.2, 0) is 6.18 Å². The van der Waals surface area contributed by atoms with E-state index in [4.69, 9.17) is 0 Å². The molecule has 0 amide bonds. The third-order valence-electron chi connectivity index (χ3n) is 3.54. The second kappa shape index (κ2) is 5.01. The molecule has 114 valence electrons. The van der Waals surface area contributed by atoms with Crippen molar-refractivity contribution in [2.24, 2.45) is 0 Å². The molecular weight excluding hydrogens is 293 g/mol. The summed E-state index contributed by atoms with van der Waals surface area (Å²) in [7, 11) is 0. The van der Waals surface area contributed by atoms with Crippen LogP contribution in [0.3, 0.4) is 0 Å². The van der Waals surface area contributed by atoms with Crippen molar-refractivity contribution in [2.45, 2.75) is 20.0 Å². The van der Waals surface area contributed by atoms with Crippen molar-refractivity contribution < 1.29 is 13.2 Å². The lowest BCUT2D eigenvalue weighted by atomic mass is 10.2. The largest absolute Gasteiger partial charge is 0.416 e. The third-order valence-corrected chi connectivity index (χ3v) is 3.54. The summed E-state index contributed by atoms with van der Waals surface area (Å²) in [6.45, 7) is 3.82. The van der Waals surface area contributed by atoms with E-state index in [1.165, 1.54) is 12.4 Å². The van der Waals surface area contributed by atoms with Crippen LogP contribution < -0.4 is 5.32 Å². The Morgan fingerprint density at radius 1 is 1.14 bits per heavy atom. The first-order valence-corrected chi connectivity index (χ1v) is 6.60. The Morgan fingerprint density at radius 3 is 2.64 bits per heavy atom. The fourth-order valence-corrected chi connectivity index (χ4v) is 2.30.